The van der Waals surface area contributed by atoms with Gasteiger partial charge in [-0.2, -0.15) is 0 Å². The van der Waals surface area contributed by atoms with E-state index in [4.69, 9.17) is 9.47 Å². The van der Waals surface area contributed by atoms with E-state index in [1.165, 1.54) is 11.1 Å². The Hall–Kier alpha value is -2.08. The lowest BCUT2D eigenvalue weighted by atomic mass is 9.81. The zero-order valence-corrected chi connectivity index (χ0v) is 17.5. The Labute approximate surface area is 172 Å². The number of methoxy groups -OCH3 is 1. The molecule has 5 nitrogen and oxygen atoms in total. The number of hydrogen-bond acceptors (Lipinski definition) is 5. The largest absolute Gasteiger partial charge is 0.497 e. The molecule has 2 aromatic rings. The van der Waals surface area contributed by atoms with E-state index >= 15 is 0 Å². The molecule has 1 saturated heterocycles. The Morgan fingerprint density at radius 2 is 1.90 bits per heavy atom. The molecule has 0 amide bonds. The van der Waals surface area contributed by atoms with Gasteiger partial charge in [-0.3, -0.25) is 0 Å². The zero-order valence-electron chi connectivity index (χ0n) is 17.5. The number of ether oxygens (including phenoxy) is 2. The van der Waals surface area contributed by atoms with Crippen molar-refractivity contribution < 1.29 is 19.7 Å². The lowest BCUT2D eigenvalue weighted by Gasteiger charge is -2.46. The predicted octanol–water partition coefficient (Wildman–Crippen LogP) is 3.70. The summed E-state index contributed by atoms with van der Waals surface area (Å²) in [6, 6.07) is 11.8. The first kappa shape index (κ1) is 20.2. The monoisotopic (exact) mass is 397 g/mol. The summed E-state index contributed by atoms with van der Waals surface area (Å²) in [5.41, 5.74) is 3.90. The lowest BCUT2D eigenvalue weighted by molar-refractivity contribution is -0.0588. The molecule has 1 fully saturated rings. The second-order valence-electron chi connectivity index (χ2n) is 8.57. The summed E-state index contributed by atoms with van der Waals surface area (Å²) in [5.74, 6) is 1.49. The highest BCUT2D eigenvalue weighted by atomic mass is 16.5. The van der Waals surface area contributed by atoms with Crippen molar-refractivity contribution in [2.24, 2.45) is 0 Å². The first-order valence-corrected chi connectivity index (χ1v) is 10.4. The van der Waals surface area contributed by atoms with Crippen LogP contribution in [-0.2, 0) is 0 Å². The minimum Gasteiger partial charge on any atom is -0.497 e. The van der Waals surface area contributed by atoms with Gasteiger partial charge in [-0.25, -0.2) is 0 Å². The maximum atomic E-state index is 10.7. The average Bonchev–Trinajstić information content (AvgIpc) is 2.71. The van der Waals surface area contributed by atoms with E-state index in [0.29, 0.717) is 13.0 Å². The number of hydrogen-bond donors (Lipinski definition) is 2. The van der Waals surface area contributed by atoms with E-state index in [0.717, 1.165) is 48.6 Å². The highest BCUT2D eigenvalue weighted by molar-refractivity contribution is 5.43. The molecule has 0 radical (unpaired) electrons. The van der Waals surface area contributed by atoms with Crippen molar-refractivity contribution in [3.63, 3.8) is 0 Å². The normalized spacial score (nSPS) is 22.0. The molecule has 1 spiro atoms. The molecule has 156 valence electrons. The summed E-state index contributed by atoms with van der Waals surface area (Å²) < 4.78 is 11.7. The van der Waals surface area contributed by atoms with Gasteiger partial charge in [-0.05, 0) is 61.6 Å². The Balaban J connectivity index is 1.39. The van der Waals surface area contributed by atoms with Gasteiger partial charge in [0.05, 0.1) is 19.3 Å². The van der Waals surface area contributed by atoms with Crippen LogP contribution in [0.3, 0.4) is 0 Å². The fourth-order valence-electron chi connectivity index (χ4n) is 4.52. The molecule has 0 saturated carbocycles. The quantitative estimate of drug-likeness (QED) is 0.824. The summed E-state index contributed by atoms with van der Waals surface area (Å²) in [6.45, 7) is 6.48. The summed E-state index contributed by atoms with van der Waals surface area (Å²) in [6.07, 6.45) is 1.25. The SMILES string of the molecule is COc1ccc2c(c1)[C@H](O)CC1(CCN(C[C@@H](O)c3ccc(C)c(C)c3)CC1)O2. The van der Waals surface area contributed by atoms with Crippen LogP contribution in [0.1, 0.15) is 53.7 Å². The van der Waals surface area contributed by atoms with Crippen LogP contribution in [0, 0.1) is 13.8 Å². The average molecular weight is 398 g/mol. The number of benzene rings is 2. The summed E-state index contributed by atoms with van der Waals surface area (Å²) >= 11 is 0. The molecule has 0 unspecified atom stereocenters. The second kappa shape index (κ2) is 7.98. The van der Waals surface area contributed by atoms with Crippen molar-refractivity contribution in [3.05, 3.63) is 58.7 Å². The minimum atomic E-state index is -0.540. The number of nitrogens with zero attached hydrogens (tertiary/aromatic N) is 1. The highest BCUT2D eigenvalue weighted by Crippen LogP contribution is 2.45. The van der Waals surface area contributed by atoms with E-state index in [9.17, 15) is 10.2 Å². The number of β-amino-alcohol motifs (C(OH)–C–C–N with tert-alkyl or cyclic N) is 1. The van der Waals surface area contributed by atoms with E-state index in [2.05, 4.69) is 30.9 Å². The molecule has 4 rings (SSSR count). The lowest BCUT2D eigenvalue weighted by Crippen LogP contribution is -2.51. The Bertz CT molecular complexity index is 873. The van der Waals surface area contributed by atoms with Gasteiger partial charge in [0.1, 0.15) is 17.1 Å². The fourth-order valence-corrected chi connectivity index (χ4v) is 4.52. The molecular weight excluding hydrogens is 366 g/mol. The minimum absolute atomic E-state index is 0.330. The zero-order chi connectivity index (χ0) is 20.6. The first-order chi connectivity index (χ1) is 13.9. The topological polar surface area (TPSA) is 62.2 Å². The Kier molecular flexibility index (Phi) is 5.56. The van der Waals surface area contributed by atoms with Crippen LogP contribution in [0.2, 0.25) is 0 Å². The first-order valence-electron chi connectivity index (χ1n) is 10.4. The smallest absolute Gasteiger partial charge is 0.126 e. The van der Waals surface area contributed by atoms with Gasteiger partial charge in [0, 0.05) is 31.6 Å². The maximum absolute atomic E-state index is 10.7. The van der Waals surface area contributed by atoms with Gasteiger partial charge >= 0.3 is 0 Å². The van der Waals surface area contributed by atoms with Crippen molar-refractivity contribution in [2.45, 2.75) is 50.9 Å². The molecule has 2 heterocycles. The van der Waals surface area contributed by atoms with Crippen molar-refractivity contribution >= 4 is 0 Å². The third-order valence-corrected chi connectivity index (χ3v) is 6.58. The van der Waals surface area contributed by atoms with Gasteiger partial charge in [-0.15, -0.1) is 0 Å². The van der Waals surface area contributed by atoms with Crippen LogP contribution in [0.5, 0.6) is 11.5 Å². The third-order valence-electron chi connectivity index (χ3n) is 6.58. The Morgan fingerprint density at radius 3 is 2.59 bits per heavy atom. The fraction of sp³-hybridized carbons (Fsp3) is 0.500. The standard InChI is InChI=1S/C24H31NO4/c1-16-4-5-18(12-17(16)2)22(27)15-25-10-8-24(9-11-25)14-21(26)20-13-19(28-3)6-7-23(20)29-24/h4-7,12-13,21-22,26-27H,8-11,14-15H2,1-3H3/t21-,22-/m1/s1. The Morgan fingerprint density at radius 1 is 1.14 bits per heavy atom. The molecule has 2 atom stereocenters. The van der Waals surface area contributed by atoms with Gasteiger partial charge in [-0.1, -0.05) is 18.2 Å². The number of aryl methyl sites for hydroxylation is 2. The highest BCUT2D eigenvalue weighted by Gasteiger charge is 2.43. The number of piperidine rings is 1. The second-order valence-corrected chi connectivity index (χ2v) is 8.57. The molecular formula is C24H31NO4. The molecule has 2 aliphatic rings. The van der Waals surface area contributed by atoms with Crippen LogP contribution in [0.25, 0.3) is 0 Å². The van der Waals surface area contributed by atoms with E-state index in [1.807, 2.05) is 24.3 Å². The number of rotatable bonds is 4. The van der Waals surface area contributed by atoms with E-state index in [1.54, 1.807) is 7.11 Å². The molecule has 2 aliphatic heterocycles. The van der Waals surface area contributed by atoms with Crippen molar-refractivity contribution in [1.82, 2.24) is 4.90 Å². The van der Waals surface area contributed by atoms with Crippen LogP contribution in [0.4, 0.5) is 0 Å². The van der Waals surface area contributed by atoms with Crippen LogP contribution < -0.4 is 9.47 Å². The summed E-state index contributed by atoms with van der Waals surface area (Å²) in [5, 5.41) is 21.4. The van der Waals surface area contributed by atoms with E-state index < -0.39 is 12.2 Å². The van der Waals surface area contributed by atoms with Crippen LogP contribution in [-0.4, -0.2) is 47.5 Å². The van der Waals surface area contributed by atoms with Gasteiger partial charge in [0.25, 0.3) is 0 Å². The number of fused-ring (bicyclic) bond motifs is 1. The number of aliphatic hydroxyl groups excluding tert-OH is 2. The third kappa shape index (κ3) is 4.13. The summed E-state index contributed by atoms with van der Waals surface area (Å²) in [7, 11) is 1.63. The number of likely N-dealkylation sites (tertiary alicyclic amines) is 1. The van der Waals surface area contributed by atoms with Crippen molar-refractivity contribution in [2.75, 3.05) is 26.7 Å². The predicted molar refractivity (Wildman–Crippen MR) is 112 cm³/mol. The molecule has 5 heteroatoms. The van der Waals surface area contributed by atoms with Gasteiger partial charge in [0.15, 0.2) is 0 Å². The van der Waals surface area contributed by atoms with Crippen LogP contribution >= 0.6 is 0 Å². The van der Waals surface area contributed by atoms with Crippen molar-refractivity contribution in [1.29, 1.82) is 0 Å². The van der Waals surface area contributed by atoms with Crippen molar-refractivity contribution in [3.8, 4) is 11.5 Å². The molecule has 0 aromatic heterocycles. The molecule has 2 N–H and O–H groups in total. The van der Waals surface area contributed by atoms with Gasteiger partial charge < -0.3 is 24.6 Å². The maximum Gasteiger partial charge on any atom is 0.126 e. The van der Waals surface area contributed by atoms with Crippen LogP contribution in [0.15, 0.2) is 36.4 Å². The summed E-state index contributed by atoms with van der Waals surface area (Å²) in [4.78, 5) is 2.30. The van der Waals surface area contributed by atoms with Gasteiger partial charge in [0.2, 0.25) is 0 Å². The number of aliphatic hydroxyl groups is 2. The van der Waals surface area contributed by atoms with E-state index in [-0.39, 0.29) is 5.60 Å². The molecule has 2 aromatic carbocycles. The molecule has 29 heavy (non-hydrogen) atoms. The molecule has 0 bridgehead atoms. The molecule has 0 aliphatic carbocycles.